The van der Waals surface area contributed by atoms with E-state index in [2.05, 4.69) is 10.4 Å². The molecule has 0 aliphatic carbocycles. The van der Waals surface area contributed by atoms with Crippen LogP contribution >= 0.6 is 34.5 Å². The molecule has 1 unspecified atom stereocenters. The van der Waals surface area contributed by atoms with Crippen molar-refractivity contribution in [1.82, 2.24) is 10.4 Å². The molecule has 3 N–H and O–H groups in total. The van der Waals surface area contributed by atoms with Crippen LogP contribution in [0, 0.1) is 6.92 Å². The van der Waals surface area contributed by atoms with Crippen LogP contribution in [0.25, 0.3) is 0 Å². The highest BCUT2D eigenvalue weighted by Gasteiger charge is 2.14. The summed E-state index contributed by atoms with van der Waals surface area (Å²) in [6.07, 6.45) is 0.714. The fraction of sp³-hybridized carbons (Fsp3) is 0.250. The first-order valence-corrected chi connectivity index (χ1v) is 7.05. The third kappa shape index (κ3) is 3.43. The van der Waals surface area contributed by atoms with Gasteiger partial charge < -0.3 is 0 Å². The first kappa shape index (κ1) is 13.8. The Morgan fingerprint density at radius 1 is 1.33 bits per heavy atom. The minimum Gasteiger partial charge on any atom is -0.271 e. The molecule has 1 aromatic carbocycles. The Balaban J connectivity index is 2.22. The topological polar surface area (TPSA) is 50.9 Å². The Bertz CT molecular complexity index is 522. The van der Waals surface area contributed by atoms with E-state index in [0.717, 1.165) is 16.3 Å². The molecular formula is C12H13Cl2N3S. The molecule has 1 atom stereocenters. The number of thiazole rings is 1. The molecule has 2 rings (SSSR count). The van der Waals surface area contributed by atoms with Crippen molar-refractivity contribution in [2.75, 3.05) is 0 Å². The number of halogens is 2. The number of hydrazine groups is 1. The van der Waals surface area contributed by atoms with Crippen LogP contribution in [0.1, 0.15) is 22.3 Å². The summed E-state index contributed by atoms with van der Waals surface area (Å²) in [7, 11) is 0. The number of benzene rings is 1. The van der Waals surface area contributed by atoms with Gasteiger partial charge >= 0.3 is 0 Å². The third-order valence-electron chi connectivity index (χ3n) is 2.53. The Kier molecular flexibility index (Phi) is 4.59. The van der Waals surface area contributed by atoms with Gasteiger partial charge in [0.1, 0.15) is 0 Å². The highest BCUT2D eigenvalue weighted by atomic mass is 35.5. The van der Waals surface area contributed by atoms with Gasteiger partial charge in [-0.3, -0.25) is 11.3 Å². The summed E-state index contributed by atoms with van der Waals surface area (Å²) in [5.41, 5.74) is 4.76. The maximum absolute atomic E-state index is 5.99. The molecule has 0 spiro atoms. The standard InChI is InChI=1S/C12H13Cl2N3S/c1-7-6-18-12(16-7)5-11(17-15)8-2-9(13)4-10(14)3-8/h2-4,6,11,17H,5,15H2,1H3. The normalized spacial score (nSPS) is 12.7. The molecule has 18 heavy (non-hydrogen) atoms. The van der Waals surface area contributed by atoms with Gasteiger partial charge in [-0.25, -0.2) is 4.98 Å². The Morgan fingerprint density at radius 3 is 2.50 bits per heavy atom. The van der Waals surface area contributed by atoms with E-state index in [1.807, 2.05) is 24.4 Å². The summed E-state index contributed by atoms with van der Waals surface area (Å²) < 4.78 is 0. The zero-order chi connectivity index (χ0) is 13.1. The molecule has 1 heterocycles. The highest BCUT2D eigenvalue weighted by Crippen LogP contribution is 2.26. The molecule has 0 amide bonds. The summed E-state index contributed by atoms with van der Waals surface area (Å²) >= 11 is 13.6. The van der Waals surface area contributed by atoms with Gasteiger partial charge in [-0.05, 0) is 30.7 Å². The molecule has 96 valence electrons. The van der Waals surface area contributed by atoms with E-state index in [1.54, 1.807) is 17.4 Å². The van der Waals surface area contributed by atoms with Gasteiger partial charge in [0.25, 0.3) is 0 Å². The SMILES string of the molecule is Cc1csc(CC(NN)c2cc(Cl)cc(Cl)c2)n1. The third-order valence-corrected chi connectivity index (χ3v) is 3.96. The van der Waals surface area contributed by atoms with Crippen molar-refractivity contribution in [3.8, 4) is 0 Å². The van der Waals surface area contributed by atoms with Gasteiger partial charge in [0, 0.05) is 27.5 Å². The lowest BCUT2D eigenvalue weighted by molar-refractivity contribution is 0.550. The number of hydrogen-bond donors (Lipinski definition) is 2. The van der Waals surface area contributed by atoms with E-state index in [9.17, 15) is 0 Å². The molecule has 6 heteroatoms. The quantitative estimate of drug-likeness (QED) is 0.671. The average Bonchev–Trinajstić information content (AvgIpc) is 2.70. The molecule has 0 fully saturated rings. The molecule has 0 saturated carbocycles. The summed E-state index contributed by atoms with van der Waals surface area (Å²) in [5.74, 6) is 5.60. The zero-order valence-electron chi connectivity index (χ0n) is 9.78. The van der Waals surface area contributed by atoms with Gasteiger partial charge in [0.05, 0.1) is 11.0 Å². The number of hydrogen-bond acceptors (Lipinski definition) is 4. The fourth-order valence-corrected chi connectivity index (χ4v) is 3.08. The molecule has 0 aliphatic heterocycles. The molecule has 1 aromatic heterocycles. The number of aromatic nitrogens is 1. The zero-order valence-corrected chi connectivity index (χ0v) is 12.1. The smallest absolute Gasteiger partial charge is 0.0947 e. The number of nitrogens with zero attached hydrogens (tertiary/aromatic N) is 1. The molecule has 3 nitrogen and oxygen atoms in total. The highest BCUT2D eigenvalue weighted by molar-refractivity contribution is 7.09. The molecule has 0 bridgehead atoms. The van der Waals surface area contributed by atoms with E-state index in [4.69, 9.17) is 29.0 Å². The maximum Gasteiger partial charge on any atom is 0.0947 e. The summed E-state index contributed by atoms with van der Waals surface area (Å²) in [4.78, 5) is 4.43. The van der Waals surface area contributed by atoms with Gasteiger partial charge in [-0.2, -0.15) is 0 Å². The van der Waals surface area contributed by atoms with Crippen molar-refractivity contribution in [3.63, 3.8) is 0 Å². The van der Waals surface area contributed by atoms with Crippen molar-refractivity contribution in [2.45, 2.75) is 19.4 Å². The second-order valence-electron chi connectivity index (χ2n) is 4.01. The van der Waals surface area contributed by atoms with Crippen LogP contribution in [0.15, 0.2) is 23.6 Å². The number of rotatable bonds is 4. The predicted molar refractivity (Wildman–Crippen MR) is 77.1 cm³/mol. The van der Waals surface area contributed by atoms with Crippen LogP contribution in [-0.2, 0) is 6.42 Å². The average molecular weight is 302 g/mol. The lowest BCUT2D eigenvalue weighted by atomic mass is 10.0. The molecule has 0 aliphatic rings. The number of nitrogens with two attached hydrogens (primary N) is 1. The van der Waals surface area contributed by atoms with E-state index in [0.29, 0.717) is 16.5 Å². The lowest BCUT2D eigenvalue weighted by Gasteiger charge is -2.15. The number of nitrogens with one attached hydrogen (secondary N) is 1. The van der Waals surface area contributed by atoms with E-state index >= 15 is 0 Å². The van der Waals surface area contributed by atoms with Crippen molar-refractivity contribution < 1.29 is 0 Å². The molecular weight excluding hydrogens is 289 g/mol. The monoisotopic (exact) mass is 301 g/mol. The van der Waals surface area contributed by atoms with Crippen molar-refractivity contribution >= 4 is 34.5 Å². The van der Waals surface area contributed by atoms with Crippen LogP contribution < -0.4 is 11.3 Å². The summed E-state index contributed by atoms with van der Waals surface area (Å²) in [5, 5.41) is 4.26. The van der Waals surface area contributed by atoms with Crippen molar-refractivity contribution in [2.24, 2.45) is 5.84 Å². The Hall–Kier alpha value is -0.650. The number of aryl methyl sites for hydroxylation is 1. The van der Waals surface area contributed by atoms with Crippen molar-refractivity contribution in [1.29, 1.82) is 0 Å². The van der Waals surface area contributed by atoms with E-state index < -0.39 is 0 Å². The van der Waals surface area contributed by atoms with Crippen LogP contribution in [0.3, 0.4) is 0 Å². The summed E-state index contributed by atoms with van der Waals surface area (Å²) in [6.45, 7) is 1.97. The predicted octanol–water partition coefficient (Wildman–Crippen LogP) is 3.51. The second kappa shape index (κ2) is 5.99. The van der Waals surface area contributed by atoms with Crippen LogP contribution in [0.5, 0.6) is 0 Å². The van der Waals surface area contributed by atoms with Gasteiger partial charge in [-0.1, -0.05) is 23.2 Å². The van der Waals surface area contributed by atoms with Crippen LogP contribution in [0.4, 0.5) is 0 Å². The van der Waals surface area contributed by atoms with Gasteiger partial charge in [-0.15, -0.1) is 11.3 Å². The van der Waals surface area contributed by atoms with Crippen molar-refractivity contribution in [3.05, 3.63) is 49.9 Å². The fourth-order valence-electron chi connectivity index (χ4n) is 1.72. The van der Waals surface area contributed by atoms with Crippen LogP contribution in [0.2, 0.25) is 10.0 Å². The van der Waals surface area contributed by atoms with E-state index in [-0.39, 0.29) is 6.04 Å². The second-order valence-corrected chi connectivity index (χ2v) is 5.82. The Morgan fingerprint density at radius 2 is 2.00 bits per heavy atom. The summed E-state index contributed by atoms with van der Waals surface area (Å²) in [6, 6.07) is 5.37. The Labute approximate surface area is 120 Å². The molecule has 2 aromatic rings. The lowest BCUT2D eigenvalue weighted by Crippen LogP contribution is -2.29. The van der Waals surface area contributed by atoms with E-state index in [1.165, 1.54) is 0 Å². The minimum absolute atomic E-state index is 0.0493. The molecule has 0 radical (unpaired) electrons. The van der Waals surface area contributed by atoms with Gasteiger partial charge in [0.2, 0.25) is 0 Å². The largest absolute Gasteiger partial charge is 0.271 e. The first-order valence-electron chi connectivity index (χ1n) is 5.41. The van der Waals surface area contributed by atoms with Crippen LogP contribution in [-0.4, -0.2) is 4.98 Å². The maximum atomic E-state index is 5.99. The van der Waals surface area contributed by atoms with Gasteiger partial charge in [0.15, 0.2) is 0 Å². The minimum atomic E-state index is -0.0493. The molecule has 0 saturated heterocycles. The first-order chi connectivity index (χ1) is 8.58.